The molecule has 80 valence electrons. The van der Waals surface area contributed by atoms with Gasteiger partial charge in [-0.3, -0.25) is 4.79 Å². The lowest BCUT2D eigenvalue weighted by Gasteiger charge is -2.00. The Morgan fingerprint density at radius 1 is 0.938 bits per heavy atom. The highest BCUT2D eigenvalue weighted by Gasteiger charge is 2.06. The van der Waals surface area contributed by atoms with Gasteiger partial charge in [0, 0.05) is 28.4 Å². The molecule has 0 fully saturated rings. The number of pyridine rings is 1. The smallest absolute Gasteiger partial charge is 0.190 e. The lowest BCUT2D eigenvalue weighted by molar-refractivity contribution is 1.24. The van der Waals surface area contributed by atoms with Crippen molar-refractivity contribution in [3.05, 3.63) is 45.9 Å². The monoisotopic (exact) mass is 212 g/mol. The second-order valence-electron chi connectivity index (χ2n) is 4.22. The molecule has 1 aromatic carbocycles. The highest BCUT2D eigenvalue weighted by Crippen LogP contribution is 2.22. The Morgan fingerprint density at radius 3 is 2.38 bits per heavy atom. The number of hydrogen-bond donors (Lipinski definition) is 2. The van der Waals surface area contributed by atoms with E-state index in [4.69, 9.17) is 0 Å². The Labute approximate surface area is 92.1 Å². The predicted molar refractivity (Wildman–Crippen MR) is 65.9 cm³/mol. The van der Waals surface area contributed by atoms with Gasteiger partial charge in [0.05, 0.1) is 10.9 Å². The number of rotatable bonds is 0. The van der Waals surface area contributed by atoms with Gasteiger partial charge in [0.15, 0.2) is 5.43 Å². The summed E-state index contributed by atoms with van der Waals surface area (Å²) < 4.78 is 0. The first-order valence-corrected chi connectivity index (χ1v) is 5.27. The third-order valence-corrected chi connectivity index (χ3v) is 2.86. The van der Waals surface area contributed by atoms with E-state index in [1.165, 1.54) is 0 Å². The molecule has 16 heavy (non-hydrogen) atoms. The quantitative estimate of drug-likeness (QED) is 0.591. The van der Waals surface area contributed by atoms with Gasteiger partial charge in [-0.15, -0.1) is 0 Å². The van der Waals surface area contributed by atoms with Crippen molar-refractivity contribution < 1.29 is 0 Å². The van der Waals surface area contributed by atoms with E-state index in [9.17, 15) is 4.79 Å². The third kappa shape index (κ3) is 1.18. The van der Waals surface area contributed by atoms with Gasteiger partial charge in [-0.25, -0.2) is 0 Å². The molecule has 0 unspecified atom stereocenters. The Kier molecular flexibility index (Phi) is 1.72. The van der Waals surface area contributed by atoms with Crippen molar-refractivity contribution in [3.8, 4) is 0 Å². The van der Waals surface area contributed by atoms with E-state index in [1.54, 1.807) is 6.07 Å². The van der Waals surface area contributed by atoms with Gasteiger partial charge in [0.1, 0.15) is 0 Å². The number of H-pyrrole nitrogens is 2. The number of aryl methyl sites for hydroxylation is 2. The maximum Gasteiger partial charge on any atom is 0.190 e. The minimum absolute atomic E-state index is 0.0795. The molecule has 0 atom stereocenters. The van der Waals surface area contributed by atoms with Crippen LogP contribution in [0.5, 0.6) is 0 Å². The summed E-state index contributed by atoms with van der Waals surface area (Å²) in [6.45, 7) is 3.89. The number of hydrogen-bond acceptors (Lipinski definition) is 1. The molecule has 0 radical (unpaired) electrons. The Morgan fingerprint density at radius 2 is 1.56 bits per heavy atom. The van der Waals surface area contributed by atoms with Gasteiger partial charge in [0.25, 0.3) is 0 Å². The summed E-state index contributed by atoms with van der Waals surface area (Å²) >= 11 is 0. The van der Waals surface area contributed by atoms with Gasteiger partial charge in [-0.2, -0.15) is 0 Å². The average Bonchev–Trinajstić information content (AvgIpc) is 2.56. The second kappa shape index (κ2) is 2.98. The SMILES string of the molecule is Cc1cc2c(ccc3[nH]c(C)cc(=O)c32)[nH]1. The molecule has 0 saturated heterocycles. The average molecular weight is 212 g/mol. The minimum Gasteiger partial charge on any atom is -0.359 e. The van der Waals surface area contributed by atoms with E-state index < -0.39 is 0 Å². The maximum absolute atomic E-state index is 12.0. The van der Waals surface area contributed by atoms with Crippen LogP contribution in [0.4, 0.5) is 0 Å². The fraction of sp³-hybridized carbons (Fsp3) is 0.154. The van der Waals surface area contributed by atoms with Gasteiger partial charge in [-0.1, -0.05) is 0 Å². The van der Waals surface area contributed by atoms with E-state index in [-0.39, 0.29) is 5.43 Å². The first-order valence-electron chi connectivity index (χ1n) is 5.27. The zero-order valence-corrected chi connectivity index (χ0v) is 9.22. The molecule has 3 heteroatoms. The van der Waals surface area contributed by atoms with Crippen molar-refractivity contribution in [3.63, 3.8) is 0 Å². The van der Waals surface area contributed by atoms with E-state index in [0.29, 0.717) is 0 Å². The van der Waals surface area contributed by atoms with Crippen molar-refractivity contribution in [2.24, 2.45) is 0 Å². The fourth-order valence-corrected chi connectivity index (χ4v) is 2.23. The van der Waals surface area contributed by atoms with Crippen LogP contribution in [-0.4, -0.2) is 9.97 Å². The van der Waals surface area contributed by atoms with Crippen molar-refractivity contribution >= 4 is 21.8 Å². The molecule has 0 aliphatic rings. The fourth-order valence-electron chi connectivity index (χ4n) is 2.23. The number of benzene rings is 1. The molecular formula is C13H12N2O. The summed E-state index contributed by atoms with van der Waals surface area (Å²) in [5.41, 5.74) is 3.96. The topological polar surface area (TPSA) is 48.6 Å². The minimum atomic E-state index is 0.0795. The number of aromatic amines is 2. The van der Waals surface area contributed by atoms with Crippen LogP contribution in [0.15, 0.2) is 29.1 Å². The van der Waals surface area contributed by atoms with Gasteiger partial charge < -0.3 is 9.97 Å². The summed E-state index contributed by atoms with van der Waals surface area (Å²) in [6, 6.07) is 7.61. The van der Waals surface area contributed by atoms with Crippen molar-refractivity contribution in [1.29, 1.82) is 0 Å². The molecule has 0 amide bonds. The molecular weight excluding hydrogens is 200 g/mol. The van der Waals surface area contributed by atoms with Crippen LogP contribution in [0.1, 0.15) is 11.4 Å². The Bertz CT molecular complexity index is 750. The zero-order valence-electron chi connectivity index (χ0n) is 9.22. The van der Waals surface area contributed by atoms with Crippen LogP contribution in [-0.2, 0) is 0 Å². The number of nitrogens with one attached hydrogen (secondary N) is 2. The summed E-state index contributed by atoms with van der Waals surface area (Å²) in [6.07, 6.45) is 0. The van der Waals surface area contributed by atoms with Crippen LogP contribution in [0, 0.1) is 13.8 Å². The summed E-state index contributed by atoms with van der Waals surface area (Å²) in [5.74, 6) is 0. The predicted octanol–water partition coefficient (Wildman–Crippen LogP) is 2.63. The lowest BCUT2D eigenvalue weighted by Crippen LogP contribution is -2.02. The molecule has 0 bridgehead atoms. The molecule has 2 N–H and O–H groups in total. The highest BCUT2D eigenvalue weighted by atomic mass is 16.1. The first kappa shape index (κ1) is 9.21. The molecule has 3 rings (SSSR count). The van der Waals surface area contributed by atoms with Crippen molar-refractivity contribution in [2.45, 2.75) is 13.8 Å². The molecule has 0 aliphatic heterocycles. The van der Waals surface area contributed by atoms with Gasteiger partial charge in [-0.05, 0) is 32.0 Å². The largest absolute Gasteiger partial charge is 0.359 e. The highest BCUT2D eigenvalue weighted by molar-refractivity contribution is 6.05. The zero-order chi connectivity index (χ0) is 11.3. The number of fused-ring (bicyclic) bond motifs is 3. The summed E-state index contributed by atoms with van der Waals surface area (Å²) in [7, 11) is 0. The molecule has 0 aliphatic carbocycles. The Hall–Kier alpha value is -2.03. The first-order chi connectivity index (χ1) is 7.65. The van der Waals surface area contributed by atoms with E-state index in [0.717, 1.165) is 33.2 Å². The third-order valence-electron chi connectivity index (χ3n) is 2.86. The van der Waals surface area contributed by atoms with Gasteiger partial charge in [0.2, 0.25) is 0 Å². The molecule has 3 aromatic rings. The van der Waals surface area contributed by atoms with E-state index >= 15 is 0 Å². The van der Waals surface area contributed by atoms with Crippen LogP contribution in [0.3, 0.4) is 0 Å². The van der Waals surface area contributed by atoms with Crippen LogP contribution >= 0.6 is 0 Å². The molecule has 2 aromatic heterocycles. The van der Waals surface area contributed by atoms with Crippen LogP contribution < -0.4 is 5.43 Å². The van der Waals surface area contributed by atoms with Crippen molar-refractivity contribution in [1.82, 2.24) is 9.97 Å². The number of aromatic nitrogens is 2. The van der Waals surface area contributed by atoms with Crippen LogP contribution in [0.2, 0.25) is 0 Å². The molecule has 0 saturated carbocycles. The van der Waals surface area contributed by atoms with E-state index in [1.807, 2.05) is 32.0 Å². The molecule has 2 heterocycles. The van der Waals surface area contributed by atoms with Crippen molar-refractivity contribution in [2.75, 3.05) is 0 Å². The standard InChI is InChI=1S/C13H12N2O/c1-7-5-9-10(14-7)3-4-11-13(9)12(16)6-8(2)15-11/h3-6,14H,1-2H3,(H,15,16). The second-order valence-corrected chi connectivity index (χ2v) is 4.22. The molecule has 3 nitrogen and oxygen atoms in total. The van der Waals surface area contributed by atoms with Gasteiger partial charge >= 0.3 is 0 Å². The van der Waals surface area contributed by atoms with Crippen LogP contribution in [0.25, 0.3) is 21.8 Å². The normalized spacial score (nSPS) is 11.4. The summed E-state index contributed by atoms with van der Waals surface area (Å²) in [5, 5.41) is 1.77. The van der Waals surface area contributed by atoms with E-state index in [2.05, 4.69) is 9.97 Å². The lowest BCUT2D eigenvalue weighted by atomic mass is 10.1. The Balaban J connectivity index is 2.64. The summed E-state index contributed by atoms with van der Waals surface area (Å²) in [4.78, 5) is 18.4. The molecule has 0 spiro atoms. The maximum atomic E-state index is 12.0.